The van der Waals surface area contributed by atoms with Crippen LogP contribution in [0.25, 0.3) is 0 Å². The number of nitrogens with one attached hydrogen (secondary N) is 1. The number of phenols is 1. The first-order valence-electron chi connectivity index (χ1n) is 30.5. The van der Waals surface area contributed by atoms with Gasteiger partial charge < -0.3 is 54.3 Å². The summed E-state index contributed by atoms with van der Waals surface area (Å²) in [6.07, 6.45) is 5.05. The van der Waals surface area contributed by atoms with Gasteiger partial charge in [0, 0.05) is 76.7 Å². The van der Waals surface area contributed by atoms with E-state index >= 15 is 0 Å². The normalized spacial score (nSPS) is 16.0. The number of pyridine rings is 3. The number of aromatic nitrogens is 3. The topological polar surface area (TPSA) is 192 Å². The third-order valence-electron chi connectivity index (χ3n) is 15.1. The van der Waals surface area contributed by atoms with Gasteiger partial charge in [-0.15, -0.1) is 0 Å². The number of benzene rings is 6. The average molecular weight is 1460 g/mol. The molecule has 6 aromatic carbocycles. The van der Waals surface area contributed by atoms with Gasteiger partial charge in [0.15, 0.2) is 0 Å². The van der Waals surface area contributed by atoms with Crippen molar-refractivity contribution in [2.24, 2.45) is 11.8 Å². The van der Waals surface area contributed by atoms with Crippen molar-refractivity contribution in [3.63, 3.8) is 0 Å². The van der Waals surface area contributed by atoms with Crippen LogP contribution in [0.2, 0.25) is 40.6 Å². The second-order valence-electron chi connectivity index (χ2n) is 22.3. The van der Waals surface area contributed by atoms with Crippen molar-refractivity contribution in [1.82, 2.24) is 25.2 Å². The molecule has 3 aliphatic heterocycles. The zero-order chi connectivity index (χ0) is 67.2. The molecule has 24 heteroatoms. The second-order valence-corrected chi connectivity index (χ2v) is 25.6. The molecule has 504 valence electrons. The number of carbonyl (C=O) groups excluding carboxylic acids is 1. The molecule has 4 N–H and O–H groups in total. The molecule has 13 rings (SSSR count). The van der Waals surface area contributed by atoms with Crippen LogP contribution >= 0.6 is 92.8 Å². The van der Waals surface area contributed by atoms with E-state index in [1.807, 2.05) is 60.7 Å². The van der Waals surface area contributed by atoms with Gasteiger partial charge in [-0.2, -0.15) is 4.98 Å². The molecule has 0 radical (unpaired) electrons. The number of ether oxygens (including phenoxy) is 4. The number of phenolic OH excluding ortho intramolecular Hbond substituents is 1. The van der Waals surface area contributed by atoms with E-state index in [0.29, 0.717) is 120 Å². The number of aliphatic hydroxyl groups excluding tert-OH is 1. The van der Waals surface area contributed by atoms with Gasteiger partial charge in [0.05, 0.1) is 29.0 Å². The van der Waals surface area contributed by atoms with E-state index < -0.39 is 18.1 Å². The lowest BCUT2D eigenvalue weighted by Crippen LogP contribution is -2.48. The number of carbonyl (C=O) groups is 2. The van der Waals surface area contributed by atoms with Gasteiger partial charge in [0.25, 0.3) is 0 Å². The van der Waals surface area contributed by atoms with Crippen LogP contribution in [-0.4, -0.2) is 105 Å². The molecule has 4 fully saturated rings. The van der Waals surface area contributed by atoms with Crippen LogP contribution in [0.4, 0.5) is 11.5 Å². The summed E-state index contributed by atoms with van der Waals surface area (Å²) in [7, 11) is 0. The van der Waals surface area contributed by atoms with Gasteiger partial charge in [-0.1, -0.05) is 131 Å². The lowest BCUT2D eigenvalue weighted by Gasteiger charge is -2.30. The fourth-order valence-corrected chi connectivity index (χ4v) is 11.3. The third-order valence-corrected chi connectivity index (χ3v) is 17.0. The number of anilines is 2. The Kier molecular flexibility index (Phi) is 28.9. The van der Waals surface area contributed by atoms with E-state index in [0.717, 1.165) is 62.6 Å². The highest BCUT2D eigenvalue weighted by Gasteiger charge is 2.34. The maximum absolute atomic E-state index is 13.6. The number of hydrogen-bond acceptors (Lipinski definition) is 14. The Balaban J connectivity index is 0.000000180. The summed E-state index contributed by atoms with van der Waals surface area (Å²) in [6.45, 7) is 5.03. The van der Waals surface area contributed by atoms with Gasteiger partial charge in [0.2, 0.25) is 17.7 Å². The monoisotopic (exact) mass is 1460 g/mol. The fraction of sp³-hybridized carbons (Fsp3) is 0.264. The average Bonchev–Trinajstić information content (AvgIpc) is 1.54. The van der Waals surface area contributed by atoms with Crippen molar-refractivity contribution in [3.8, 4) is 46.3 Å². The van der Waals surface area contributed by atoms with Crippen LogP contribution in [0.5, 0.6) is 46.3 Å². The number of aliphatic hydroxyl groups is 1. The Morgan fingerprint density at radius 1 is 0.521 bits per heavy atom. The summed E-state index contributed by atoms with van der Waals surface area (Å²) < 4.78 is 23.0. The second kappa shape index (κ2) is 37.3. The smallest absolute Gasteiger partial charge is 0.308 e. The number of hydrogen-bond donors (Lipinski definition) is 4. The van der Waals surface area contributed by atoms with E-state index in [2.05, 4.69) is 35.0 Å². The van der Waals surface area contributed by atoms with E-state index in [4.69, 9.17) is 122 Å². The van der Waals surface area contributed by atoms with Crippen molar-refractivity contribution in [2.75, 3.05) is 55.6 Å². The quantitative estimate of drug-likeness (QED) is 0.0629. The van der Waals surface area contributed by atoms with Crippen molar-refractivity contribution in [2.45, 2.75) is 64.2 Å². The number of nitrogens with zero attached hydrogens (tertiary/aromatic N) is 6. The SMILES string of the molecule is C.Clc1ccc(Oc2cccc(Cl)n2)cc1.Clc1cccc(Cl)n1.O=C(N[C@H](CN1CCCC1)[C@H](O)c1ccc(OC2CC2)c(Cl)c1)[C@@H]1CCN(c2cccc(Oc3ccc(Cl)cc3)n2)C1.O=C(O)[C@@H]1CCN(c2cccc(Oc3ccc(Cl)cc3)c2)C1.Oc1ccc(Cl)cc1. The van der Waals surface area contributed by atoms with Gasteiger partial charge >= 0.3 is 5.97 Å². The summed E-state index contributed by atoms with van der Waals surface area (Å²) >= 11 is 46.2. The number of likely N-dealkylation sites (tertiary alicyclic amines) is 1. The molecule has 9 aromatic rings. The Labute approximate surface area is 599 Å². The molecule has 1 aliphatic carbocycles. The lowest BCUT2D eigenvalue weighted by molar-refractivity contribution is -0.141. The fourth-order valence-electron chi connectivity index (χ4n) is 10.1. The molecular formula is C72H71Cl8N7O9. The molecule has 1 amide bonds. The van der Waals surface area contributed by atoms with Gasteiger partial charge in [-0.05, 0) is 203 Å². The Morgan fingerprint density at radius 3 is 1.54 bits per heavy atom. The van der Waals surface area contributed by atoms with E-state index in [1.165, 1.54) is 0 Å². The molecule has 96 heavy (non-hydrogen) atoms. The van der Waals surface area contributed by atoms with Crippen LogP contribution in [-0.2, 0) is 9.59 Å². The number of carboxylic acid groups (broad SMARTS) is 1. The van der Waals surface area contributed by atoms with Gasteiger partial charge in [-0.3, -0.25) is 9.59 Å². The number of amides is 1. The molecule has 0 unspecified atom stereocenters. The maximum atomic E-state index is 13.6. The molecule has 0 spiro atoms. The summed E-state index contributed by atoms with van der Waals surface area (Å²) in [5.74, 6) is 4.04. The van der Waals surface area contributed by atoms with Crippen molar-refractivity contribution in [3.05, 3.63) is 240 Å². The number of aliphatic carboxylic acids is 1. The highest BCUT2D eigenvalue weighted by molar-refractivity contribution is 6.33. The van der Waals surface area contributed by atoms with E-state index in [9.17, 15) is 14.7 Å². The molecule has 16 nitrogen and oxygen atoms in total. The predicted molar refractivity (Wildman–Crippen MR) is 385 cm³/mol. The number of aromatic hydroxyl groups is 1. The third kappa shape index (κ3) is 24.3. The van der Waals surface area contributed by atoms with Crippen LogP contribution in [0, 0.1) is 11.8 Å². The van der Waals surface area contributed by atoms with Gasteiger partial charge in [-0.25, -0.2) is 9.97 Å². The minimum Gasteiger partial charge on any atom is -0.508 e. The van der Waals surface area contributed by atoms with Crippen LogP contribution in [0.1, 0.15) is 57.6 Å². The first kappa shape index (κ1) is 74.3. The zero-order valence-electron chi connectivity index (χ0n) is 51.1. The van der Waals surface area contributed by atoms with Crippen LogP contribution in [0.3, 0.4) is 0 Å². The molecular weight excluding hydrogens is 1390 g/mol. The highest BCUT2D eigenvalue weighted by Crippen LogP contribution is 2.36. The Bertz CT molecular complexity index is 3880. The number of carboxylic acids is 1. The summed E-state index contributed by atoms with van der Waals surface area (Å²) in [6, 6.07) is 56.3. The highest BCUT2D eigenvalue weighted by atomic mass is 35.5. The molecule has 4 aliphatic rings. The number of halogens is 8. The molecule has 3 aromatic heterocycles. The molecule has 3 saturated heterocycles. The summed E-state index contributed by atoms with van der Waals surface area (Å²) in [5, 5.41) is 36.8. The first-order valence-corrected chi connectivity index (χ1v) is 33.5. The van der Waals surface area contributed by atoms with Gasteiger partial charge in [0.1, 0.15) is 61.9 Å². The van der Waals surface area contributed by atoms with E-state index in [-0.39, 0.29) is 37.0 Å². The van der Waals surface area contributed by atoms with Crippen molar-refractivity contribution >= 4 is 116 Å². The van der Waals surface area contributed by atoms with Crippen LogP contribution < -0.4 is 34.1 Å². The summed E-state index contributed by atoms with van der Waals surface area (Å²) in [4.78, 5) is 43.5. The standard InChI is InChI=1S/C32H36Cl2N4O4.C17H16ClNO3.C11H7Cl2NO.C6H5ClO.C5H3Cl2N.CH4/c33-23-7-9-25(10-8-23)42-30-5-3-4-29(36-30)38-17-14-22(19-38)32(40)35-27(20-37-15-1-2-16-37)31(39)21-6-13-28(26(34)18-21)41-24-11-12-24;18-13-4-6-15(7-5-13)22-16-3-1-2-14(10-16)19-9-8-12(11-19)17(20)21;12-8-4-6-9(7-5-8)15-11-3-1-2-10(13)14-11;7-5-1-3-6(8)4-2-5;6-4-2-1-3-5(7)8-4;/h3-10,13,18,22,24,27,31,39H,1-2,11-12,14-17,19-20H2,(H,35,40);1-7,10,12H,8-9,11H2,(H,20,21);1-7H;1-4,8H;1-3H;1H4/t22-,27-,31-;12-;;;;/m11..../s1. The Hall–Kier alpha value is -7.45. The van der Waals surface area contributed by atoms with Crippen LogP contribution in [0.15, 0.2) is 194 Å². The maximum Gasteiger partial charge on any atom is 0.308 e. The number of rotatable bonds is 17. The lowest BCUT2D eigenvalue weighted by atomic mass is 10.00. The first-order chi connectivity index (χ1) is 45.8. The van der Waals surface area contributed by atoms with Crippen molar-refractivity contribution < 1.29 is 43.9 Å². The molecule has 1 saturated carbocycles. The van der Waals surface area contributed by atoms with E-state index in [1.54, 1.807) is 133 Å². The molecule has 4 atom stereocenters. The molecule has 0 bridgehead atoms. The Morgan fingerprint density at radius 2 is 1.02 bits per heavy atom. The largest absolute Gasteiger partial charge is 0.508 e. The predicted octanol–water partition coefficient (Wildman–Crippen LogP) is 19.2. The minimum atomic E-state index is -0.900. The zero-order valence-corrected chi connectivity index (χ0v) is 57.1. The summed E-state index contributed by atoms with van der Waals surface area (Å²) in [5.41, 5.74) is 1.65. The minimum absolute atomic E-state index is 0. The molecule has 6 heterocycles. The van der Waals surface area contributed by atoms with Crippen molar-refractivity contribution in [1.29, 1.82) is 0 Å².